The Hall–Kier alpha value is -2.88. The van der Waals surface area contributed by atoms with Crippen LogP contribution in [0.25, 0.3) is 6.08 Å². The number of nitrogens with zero attached hydrogens (tertiary/aromatic N) is 1. The first-order valence-electron chi connectivity index (χ1n) is 6.42. The summed E-state index contributed by atoms with van der Waals surface area (Å²) in [6.07, 6.45) is 2.55. The van der Waals surface area contributed by atoms with E-state index in [0.717, 1.165) is 17.3 Å². The molecule has 0 unspecified atom stereocenters. The molecule has 0 aliphatic carbocycles. The summed E-state index contributed by atoms with van der Waals surface area (Å²) in [5.41, 5.74) is 2.10. The third-order valence-corrected chi connectivity index (χ3v) is 3.02. The Labute approximate surface area is 123 Å². The maximum Gasteiger partial charge on any atom is 0.328 e. The average Bonchev–Trinajstić information content (AvgIpc) is 2.53. The van der Waals surface area contributed by atoms with Crippen LogP contribution in [-0.2, 0) is 4.79 Å². The molecule has 0 fully saturated rings. The summed E-state index contributed by atoms with van der Waals surface area (Å²) in [6, 6.07) is 16.2. The lowest BCUT2D eigenvalue weighted by Gasteiger charge is -2.17. The van der Waals surface area contributed by atoms with Crippen LogP contribution in [0.3, 0.4) is 0 Å². The predicted octanol–water partition coefficient (Wildman–Crippen LogP) is 3.06. The number of rotatable bonds is 4. The number of benzene rings is 2. The number of carbonyl (C=O) groups excluding carboxylic acids is 1. The Morgan fingerprint density at radius 2 is 1.62 bits per heavy atom. The molecule has 1 N–H and O–H groups in total. The number of anilines is 1. The molecule has 2 aromatic carbocycles. The van der Waals surface area contributed by atoms with Crippen LogP contribution in [0.15, 0.2) is 60.7 Å². The Kier molecular flexibility index (Phi) is 4.51. The zero-order valence-corrected chi connectivity index (χ0v) is 11.6. The molecule has 21 heavy (non-hydrogen) atoms. The summed E-state index contributed by atoms with van der Waals surface area (Å²) >= 11 is 0. The summed E-state index contributed by atoms with van der Waals surface area (Å²) in [6.45, 7) is 0. The van der Waals surface area contributed by atoms with Gasteiger partial charge < -0.3 is 10.0 Å². The van der Waals surface area contributed by atoms with Gasteiger partial charge in [0, 0.05) is 24.4 Å². The van der Waals surface area contributed by atoms with Gasteiger partial charge >= 0.3 is 5.97 Å². The van der Waals surface area contributed by atoms with Crippen molar-refractivity contribution in [1.82, 2.24) is 0 Å². The van der Waals surface area contributed by atoms with Crippen molar-refractivity contribution >= 4 is 23.6 Å². The fourth-order valence-corrected chi connectivity index (χ4v) is 1.87. The van der Waals surface area contributed by atoms with Crippen molar-refractivity contribution in [2.45, 2.75) is 0 Å². The number of hydrogen-bond donors (Lipinski definition) is 1. The standard InChI is InChI=1S/C17H15NO3/c1-18(15-5-3-2-4-6-15)17(21)14-10-7-13(8-11-14)9-12-16(19)20/h2-12H,1H3,(H,19,20). The van der Waals surface area contributed by atoms with Crippen LogP contribution in [0, 0.1) is 0 Å². The third kappa shape index (κ3) is 3.79. The topological polar surface area (TPSA) is 57.6 Å². The zero-order valence-electron chi connectivity index (χ0n) is 11.6. The number of para-hydroxylation sites is 1. The third-order valence-electron chi connectivity index (χ3n) is 3.02. The largest absolute Gasteiger partial charge is 0.478 e. The fourth-order valence-electron chi connectivity index (χ4n) is 1.87. The van der Waals surface area contributed by atoms with Gasteiger partial charge in [-0.05, 0) is 35.9 Å². The van der Waals surface area contributed by atoms with Gasteiger partial charge in [0.2, 0.25) is 0 Å². The molecule has 0 saturated heterocycles. The van der Waals surface area contributed by atoms with E-state index in [1.165, 1.54) is 6.08 Å². The first-order valence-corrected chi connectivity index (χ1v) is 6.42. The molecule has 4 heteroatoms. The molecule has 106 valence electrons. The van der Waals surface area contributed by atoms with Gasteiger partial charge in [-0.25, -0.2) is 4.79 Å². The van der Waals surface area contributed by atoms with Crippen LogP contribution >= 0.6 is 0 Å². The summed E-state index contributed by atoms with van der Waals surface area (Å²) in [7, 11) is 1.72. The lowest BCUT2D eigenvalue weighted by Crippen LogP contribution is -2.26. The summed E-state index contributed by atoms with van der Waals surface area (Å²) in [5.74, 6) is -1.12. The van der Waals surface area contributed by atoms with E-state index in [2.05, 4.69) is 0 Å². The smallest absolute Gasteiger partial charge is 0.328 e. The summed E-state index contributed by atoms with van der Waals surface area (Å²) in [4.78, 5) is 24.4. The van der Waals surface area contributed by atoms with Crippen LogP contribution in [0.2, 0.25) is 0 Å². The second kappa shape index (κ2) is 6.52. The van der Waals surface area contributed by atoms with Crippen LogP contribution in [-0.4, -0.2) is 24.0 Å². The normalized spacial score (nSPS) is 10.5. The van der Waals surface area contributed by atoms with E-state index in [1.54, 1.807) is 36.2 Å². The van der Waals surface area contributed by atoms with Gasteiger partial charge in [0.05, 0.1) is 0 Å². The van der Waals surface area contributed by atoms with E-state index in [1.807, 2.05) is 30.3 Å². The SMILES string of the molecule is CN(C(=O)c1ccc(C=CC(=O)O)cc1)c1ccccc1. The van der Waals surface area contributed by atoms with Gasteiger partial charge in [0.1, 0.15) is 0 Å². The molecule has 0 aliphatic rings. The van der Waals surface area contributed by atoms with E-state index in [0.29, 0.717) is 5.56 Å². The van der Waals surface area contributed by atoms with Crippen molar-refractivity contribution in [1.29, 1.82) is 0 Å². The van der Waals surface area contributed by atoms with Crippen molar-refractivity contribution in [3.05, 3.63) is 71.8 Å². The molecule has 0 aliphatic heterocycles. The molecule has 0 spiro atoms. The first kappa shape index (κ1) is 14.5. The molecule has 0 radical (unpaired) electrons. The number of hydrogen-bond acceptors (Lipinski definition) is 2. The minimum absolute atomic E-state index is 0.116. The fraction of sp³-hybridized carbons (Fsp3) is 0.0588. The van der Waals surface area contributed by atoms with Crippen LogP contribution in [0.4, 0.5) is 5.69 Å². The van der Waals surface area contributed by atoms with E-state index in [9.17, 15) is 9.59 Å². The van der Waals surface area contributed by atoms with Crippen LogP contribution < -0.4 is 4.90 Å². The number of carboxylic acid groups (broad SMARTS) is 1. The molecule has 2 aromatic rings. The van der Waals surface area contributed by atoms with E-state index >= 15 is 0 Å². The monoisotopic (exact) mass is 281 g/mol. The van der Waals surface area contributed by atoms with Crippen molar-refractivity contribution in [2.75, 3.05) is 11.9 Å². The van der Waals surface area contributed by atoms with E-state index in [-0.39, 0.29) is 5.91 Å². The van der Waals surface area contributed by atoms with Gasteiger partial charge in [-0.3, -0.25) is 4.79 Å². The molecule has 0 heterocycles. The van der Waals surface area contributed by atoms with Crippen molar-refractivity contribution in [3.8, 4) is 0 Å². The first-order chi connectivity index (χ1) is 10.1. The average molecular weight is 281 g/mol. The molecular weight excluding hydrogens is 266 g/mol. The molecule has 0 aromatic heterocycles. The van der Waals surface area contributed by atoms with Gasteiger partial charge in [-0.1, -0.05) is 30.3 Å². The van der Waals surface area contributed by atoms with Crippen molar-refractivity contribution < 1.29 is 14.7 Å². The van der Waals surface area contributed by atoms with Crippen LogP contribution in [0.1, 0.15) is 15.9 Å². The van der Waals surface area contributed by atoms with Gasteiger partial charge in [-0.2, -0.15) is 0 Å². The Morgan fingerprint density at radius 1 is 1.00 bits per heavy atom. The van der Waals surface area contributed by atoms with Crippen LogP contribution in [0.5, 0.6) is 0 Å². The number of aliphatic carboxylic acids is 1. The highest BCUT2D eigenvalue weighted by atomic mass is 16.4. The highest BCUT2D eigenvalue weighted by Crippen LogP contribution is 2.15. The molecule has 0 atom stereocenters. The lowest BCUT2D eigenvalue weighted by atomic mass is 10.1. The van der Waals surface area contributed by atoms with E-state index < -0.39 is 5.97 Å². The van der Waals surface area contributed by atoms with Gasteiger partial charge in [-0.15, -0.1) is 0 Å². The number of carbonyl (C=O) groups is 2. The number of amides is 1. The predicted molar refractivity (Wildman–Crippen MR) is 82.3 cm³/mol. The Bertz CT molecular complexity index is 660. The number of carboxylic acids is 1. The molecule has 1 amide bonds. The zero-order chi connectivity index (χ0) is 15.2. The highest BCUT2D eigenvalue weighted by molar-refractivity contribution is 6.05. The molecule has 0 bridgehead atoms. The van der Waals surface area contributed by atoms with Gasteiger partial charge in [0.25, 0.3) is 5.91 Å². The molecule has 0 saturated carbocycles. The lowest BCUT2D eigenvalue weighted by molar-refractivity contribution is -0.131. The molecular formula is C17H15NO3. The maximum absolute atomic E-state index is 12.3. The highest BCUT2D eigenvalue weighted by Gasteiger charge is 2.12. The second-order valence-corrected chi connectivity index (χ2v) is 4.49. The summed E-state index contributed by atoms with van der Waals surface area (Å²) < 4.78 is 0. The summed E-state index contributed by atoms with van der Waals surface area (Å²) in [5, 5.41) is 8.57. The quantitative estimate of drug-likeness (QED) is 0.876. The molecule has 2 rings (SSSR count). The Balaban J connectivity index is 2.15. The van der Waals surface area contributed by atoms with Crippen molar-refractivity contribution in [3.63, 3.8) is 0 Å². The van der Waals surface area contributed by atoms with Gasteiger partial charge in [0.15, 0.2) is 0 Å². The maximum atomic E-state index is 12.3. The second-order valence-electron chi connectivity index (χ2n) is 4.49. The van der Waals surface area contributed by atoms with Crippen molar-refractivity contribution in [2.24, 2.45) is 0 Å². The minimum Gasteiger partial charge on any atom is -0.478 e. The van der Waals surface area contributed by atoms with E-state index in [4.69, 9.17) is 5.11 Å². The Morgan fingerprint density at radius 3 is 2.19 bits per heavy atom. The molecule has 4 nitrogen and oxygen atoms in total. The minimum atomic E-state index is -1.00.